The van der Waals surface area contributed by atoms with Crippen LogP contribution in [0.3, 0.4) is 0 Å². The molecule has 4 aromatic rings. The van der Waals surface area contributed by atoms with Crippen molar-refractivity contribution in [2.45, 2.75) is 20.1 Å². The summed E-state index contributed by atoms with van der Waals surface area (Å²) < 4.78 is 17.0. The molecule has 0 unspecified atom stereocenters. The van der Waals surface area contributed by atoms with E-state index in [9.17, 15) is 14.9 Å². The Morgan fingerprint density at radius 2 is 1.80 bits per heavy atom. The number of amides is 1. The average molecular weight is 470 g/mol. The number of ether oxygens (including phenoxy) is 3. The Morgan fingerprint density at radius 3 is 2.57 bits per heavy atom. The number of aryl methyl sites for hydroxylation is 1. The predicted molar refractivity (Wildman–Crippen MR) is 131 cm³/mol. The van der Waals surface area contributed by atoms with Crippen LogP contribution in [0.25, 0.3) is 10.8 Å². The molecule has 0 saturated carbocycles. The summed E-state index contributed by atoms with van der Waals surface area (Å²) in [6, 6.07) is 21.6. The molecule has 0 aromatic heterocycles. The molecule has 1 aliphatic rings. The van der Waals surface area contributed by atoms with E-state index >= 15 is 0 Å². The molecule has 0 spiro atoms. The molecule has 1 aliphatic heterocycles. The monoisotopic (exact) mass is 470 g/mol. The number of nitro groups is 1. The Balaban J connectivity index is 1.51. The van der Waals surface area contributed by atoms with Gasteiger partial charge in [0.1, 0.15) is 18.1 Å². The van der Waals surface area contributed by atoms with Crippen molar-refractivity contribution in [2.24, 2.45) is 0 Å². The molecule has 4 aromatic carbocycles. The fraction of sp³-hybridized carbons (Fsp3) is 0.148. The van der Waals surface area contributed by atoms with E-state index in [1.807, 2.05) is 55.5 Å². The van der Waals surface area contributed by atoms with Crippen LogP contribution >= 0.6 is 0 Å². The third kappa shape index (κ3) is 4.64. The highest BCUT2D eigenvalue weighted by atomic mass is 16.7. The summed E-state index contributed by atoms with van der Waals surface area (Å²) in [4.78, 5) is 24.3. The number of hydrogen-bond acceptors (Lipinski definition) is 6. The van der Waals surface area contributed by atoms with Crippen molar-refractivity contribution >= 4 is 28.1 Å². The van der Waals surface area contributed by atoms with Crippen LogP contribution < -0.4 is 14.8 Å². The first-order valence-corrected chi connectivity index (χ1v) is 11.0. The van der Waals surface area contributed by atoms with Crippen LogP contribution in [-0.2, 0) is 18.0 Å². The molecule has 0 atom stereocenters. The van der Waals surface area contributed by atoms with Gasteiger partial charge in [-0.2, -0.15) is 0 Å². The fourth-order valence-electron chi connectivity index (χ4n) is 4.07. The van der Waals surface area contributed by atoms with Crippen molar-refractivity contribution in [3.63, 3.8) is 0 Å². The van der Waals surface area contributed by atoms with Gasteiger partial charge in [-0.15, -0.1) is 0 Å². The Labute approximate surface area is 201 Å². The molecule has 5 rings (SSSR count). The van der Waals surface area contributed by atoms with Crippen molar-refractivity contribution < 1.29 is 23.9 Å². The zero-order valence-corrected chi connectivity index (χ0v) is 18.9. The van der Waals surface area contributed by atoms with Crippen LogP contribution in [0.1, 0.15) is 27.0 Å². The molecule has 1 amide bonds. The maximum absolute atomic E-state index is 13.3. The van der Waals surface area contributed by atoms with E-state index in [4.69, 9.17) is 14.2 Å². The number of nitrogens with one attached hydrogen (secondary N) is 1. The number of nitro benzene ring substituents is 1. The van der Waals surface area contributed by atoms with Crippen LogP contribution in [0.5, 0.6) is 11.5 Å². The van der Waals surface area contributed by atoms with Crippen molar-refractivity contribution in [2.75, 3.05) is 12.1 Å². The minimum Gasteiger partial charge on any atom is -0.488 e. The average Bonchev–Trinajstić information content (AvgIpc) is 2.87. The molecular weight excluding hydrogens is 448 g/mol. The molecule has 0 bridgehead atoms. The topological polar surface area (TPSA) is 99.9 Å². The number of carbonyl (C=O) groups excluding carboxylic acids is 1. The zero-order chi connectivity index (χ0) is 24.4. The number of non-ortho nitro benzene ring substituents is 1. The first-order chi connectivity index (χ1) is 17.0. The molecular formula is C27H22N2O6. The standard InChI is InChI=1S/C27H22N2O6/c1-17-6-2-5-9-24(17)28-27(30)23-12-18-7-3-4-8-19(18)13-25(23)34-15-21-11-22(29(31)32)10-20-14-33-16-35-26(20)21/h2-13H,14-16H2,1H3,(H,28,30). The lowest BCUT2D eigenvalue weighted by molar-refractivity contribution is -0.385. The second-order valence-corrected chi connectivity index (χ2v) is 8.21. The van der Waals surface area contributed by atoms with E-state index < -0.39 is 4.92 Å². The Morgan fingerprint density at radius 1 is 1.06 bits per heavy atom. The van der Waals surface area contributed by atoms with Gasteiger partial charge in [-0.1, -0.05) is 42.5 Å². The van der Waals surface area contributed by atoms with Gasteiger partial charge in [-0.3, -0.25) is 14.9 Å². The van der Waals surface area contributed by atoms with Gasteiger partial charge >= 0.3 is 0 Å². The van der Waals surface area contributed by atoms with Gasteiger partial charge in [0.05, 0.1) is 17.1 Å². The number of benzene rings is 4. The largest absolute Gasteiger partial charge is 0.488 e. The molecule has 176 valence electrons. The summed E-state index contributed by atoms with van der Waals surface area (Å²) in [5.74, 6) is 0.557. The highest BCUT2D eigenvalue weighted by Gasteiger charge is 2.22. The lowest BCUT2D eigenvalue weighted by atomic mass is 10.0. The van der Waals surface area contributed by atoms with E-state index in [2.05, 4.69) is 5.32 Å². The third-order valence-electron chi connectivity index (χ3n) is 5.85. The summed E-state index contributed by atoms with van der Waals surface area (Å²) >= 11 is 0. The molecule has 0 fully saturated rings. The summed E-state index contributed by atoms with van der Waals surface area (Å²) in [6.07, 6.45) is 0. The second kappa shape index (κ2) is 9.44. The van der Waals surface area contributed by atoms with Crippen LogP contribution in [0.2, 0.25) is 0 Å². The highest BCUT2D eigenvalue weighted by Crippen LogP contribution is 2.34. The smallest absolute Gasteiger partial charge is 0.270 e. The summed E-state index contributed by atoms with van der Waals surface area (Å²) in [7, 11) is 0. The highest BCUT2D eigenvalue weighted by molar-refractivity contribution is 6.09. The van der Waals surface area contributed by atoms with E-state index in [-0.39, 0.29) is 31.6 Å². The fourth-order valence-corrected chi connectivity index (χ4v) is 4.07. The quantitative estimate of drug-likeness (QED) is 0.284. The molecule has 1 heterocycles. The summed E-state index contributed by atoms with van der Waals surface area (Å²) in [6.45, 7) is 2.16. The first kappa shape index (κ1) is 22.4. The van der Waals surface area contributed by atoms with Crippen LogP contribution in [0, 0.1) is 17.0 Å². The van der Waals surface area contributed by atoms with Gasteiger partial charge in [-0.05, 0) is 41.5 Å². The second-order valence-electron chi connectivity index (χ2n) is 8.21. The molecule has 0 radical (unpaired) electrons. The third-order valence-corrected chi connectivity index (χ3v) is 5.85. The normalized spacial score (nSPS) is 12.5. The Kier molecular flexibility index (Phi) is 6.03. The molecule has 35 heavy (non-hydrogen) atoms. The minimum atomic E-state index is -0.463. The van der Waals surface area contributed by atoms with Crippen LogP contribution in [0.4, 0.5) is 11.4 Å². The Hall–Kier alpha value is -4.43. The number of nitrogens with zero attached hydrogens (tertiary/aromatic N) is 1. The number of rotatable bonds is 6. The Bertz CT molecular complexity index is 1450. The van der Waals surface area contributed by atoms with Gasteiger partial charge < -0.3 is 19.5 Å². The number of para-hydroxylation sites is 1. The number of hydrogen-bond donors (Lipinski definition) is 1. The summed E-state index contributed by atoms with van der Waals surface area (Å²) in [5.41, 5.74) is 3.02. The van der Waals surface area contributed by atoms with Gasteiger partial charge in [0.25, 0.3) is 11.6 Å². The lowest BCUT2D eigenvalue weighted by Crippen LogP contribution is -2.16. The molecule has 8 heteroatoms. The lowest BCUT2D eigenvalue weighted by Gasteiger charge is -2.21. The predicted octanol–water partition coefficient (Wildman–Crippen LogP) is 5.75. The number of fused-ring (bicyclic) bond motifs is 2. The number of anilines is 1. The van der Waals surface area contributed by atoms with E-state index in [0.717, 1.165) is 16.3 Å². The zero-order valence-electron chi connectivity index (χ0n) is 18.9. The van der Waals surface area contributed by atoms with Gasteiger partial charge in [-0.25, -0.2) is 0 Å². The van der Waals surface area contributed by atoms with E-state index in [1.165, 1.54) is 12.1 Å². The molecule has 0 saturated heterocycles. The SMILES string of the molecule is Cc1ccccc1NC(=O)c1cc2ccccc2cc1OCc1cc([N+](=O)[O-])cc2c1OCOC2. The first-order valence-electron chi connectivity index (χ1n) is 11.0. The van der Waals surface area contributed by atoms with Crippen molar-refractivity contribution in [1.29, 1.82) is 0 Å². The van der Waals surface area contributed by atoms with Gasteiger partial charge in [0, 0.05) is 28.9 Å². The van der Waals surface area contributed by atoms with Crippen molar-refractivity contribution in [3.05, 3.63) is 105 Å². The van der Waals surface area contributed by atoms with Crippen molar-refractivity contribution in [3.8, 4) is 11.5 Å². The summed E-state index contributed by atoms with van der Waals surface area (Å²) in [5, 5.41) is 16.2. The van der Waals surface area contributed by atoms with Crippen molar-refractivity contribution in [1.82, 2.24) is 0 Å². The molecule has 8 nitrogen and oxygen atoms in total. The van der Waals surface area contributed by atoms with Crippen LogP contribution in [-0.4, -0.2) is 17.6 Å². The molecule has 1 N–H and O–H groups in total. The maximum atomic E-state index is 13.3. The van der Waals surface area contributed by atoms with Gasteiger partial charge in [0.15, 0.2) is 6.79 Å². The van der Waals surface area contributed by atoms with Crippen LogP contribution in [0.15, 0.2) is 72.8 Å². The minimum absolute atomic E-state index is 0.0208. The molecule has 0 aliphatic carbocycles. The maximum Gasteiger partial charge on any atom is 0.270 e. The van der Waals surface area contributed by atoms with E-state index in [1.54, 1.807) is 12.1 Å². The van der Waals surface area contributed by atoms with Gasteiger partial charge in [0.2, 0.25) is 0 Å². The van der Waals surface area contributed by atoms with E-state index in [0.29, 0.717) is 33.9 Å². The number of carbonyl (C=O) groups is 1.